The number of aromatic nitrogens is 3. The van der Waals surface area contributed by atoms with Crippen molar-refractivity contribution in [1.82, 2.24) is 19.2 Å². The molecule has 1 saturated heterocycles. The second-order valence-corrected chi connectivity index (χ2v) is 7.15. The third-order valence-corrected chi connectivity index (χ3v) is 5.19. The number of aliphatic hydroxyl groups excluding tert-OH is 1. The SMILES string of the molecule is C=CCn1c(-c2ccc(Cl)cc2)nn(CN2C[C@@H](O)C[C@H]2C(=O)OC)c1=S. The molecule has 2 heterocycles. The lowest BCUT2D eigenvalue weighted by Gasteiger charge is -2.21. The van der Waals surface area contributed by atoms with E-state index in [9.17, 15) is 9.90 Å². The maximum atomic E-state index is 12.0. The van der Waals surface area contributed by atoms with Crippen LogP contribution in [0.1, 0.15) is 6.42 Å². The Morgan fingerprint density at radius 1 is 1.48 bits per heavy atom. The summed E-state index contributed by atoms with van der Waals surface area (Å²) in [6.45, 7) is 4.92. The van der Waals surface area contributed by atoms with Crippen LogP contribution >= 0.6 is 23.8 Å². The number of rotatable bonds is 6. The first-order valence-electron chi connectivity index (χ1n) is 8.49. The van der Waals surface area contributed by atoms with Gasteiger partial charge in [0.05, 0.1) is 19.9 Å². The van der Waals surface area contributed by atoms with Crippen molar-refractivity contribution in [1.29, 1.82) is 0 Å². The van der Waals surface area contributed by atoms with Gasteiger partial charge in [0, 0.05) is 30.1 Å². The van der Waals surface area contributed by atoms with Crippen molar-refractivity contribution in [2.45, 2.75) is 31.8 Å². The van der Waals surface area contributed by atoms with Gasteiger partial charge < -0.3 is 9.84 Å². The van der Waals surface area contributed by atoms with E-state index in [1.54, 1.807) is 22.9 Å². The average Bonchev–Trinajstić information content (AvgIpc) is 3.17. The zero-order valence-corrected chi connectivity index (χ0v) is 16.5. The second kappa shape index (κ2) is 8.35. The van der Waals surface area contributed by atoms with Gasteiger partial charge in [0.15, 0.2) is 10.6 Å². The fraction of sp³-hybridized carbons (Fsp3) is 0.389. The first-order valence-corrected chi connectivity index (χ1v) is 9.27. The molecule has 27 heavy (non-hydrogen) atoms. The topological polar surface area (TPSA) is 72.5 Å². The normalized spacial score (nSPS) is 20.0. The van der Waals surface area contributed by atoms with Crippen LogP contribution in [0.2, 0.25) is 5.02 Å². The smallest absolute Gasteiger partial charge is 0.323 e. The number of hydrogen-bond donors (Lipinski definition) is 1. The number of carbonyl (C=O) groups is 1. The van der Waals surface area contributed by atoms with E-state index in [1.807, 2.05) is 21.6 Å². The number of nitrogens with zero attached hydrogens (tertiary/aromatic N) is 4. The summed E-state index contributed by atoms with van der Waals surface area (Å²) in [6.07, 6.45) is 1.49. The van der Waals surface area contributed by atoms with E-state index in [-0.39, 0.29) is 12.6 Å². The van der Waals surface area contributed by atoms with Crippen LogP contribution in [0, 0.1) is 4.77 Å². The molecule has 1 aliphatic rings. The molecule has 144 valence electrons. The summed E-state index contributed by atoms with van der Waals surface area (Å²) in [5.41, 5.74) is 0.872. The molecule has 1 fully saturated rings. The molecule has 0 unspecified atom stereocenters. The molecular weight excluding hydrogens is 388 g/mol. The zero-order valence-electron chi connectivity index (χ0n) is 14.9. The van der Waals surface area contributed by atoms with Crippen molar-refractivity contribution in [2.75, 3.05) is 13.7 Å². The highest BCUT2D eigenvalue weighted by molar-refractivity contribution is 7.71. The molecule has 3 rings (SSSR count). The zero-order chi connectivity index (χ0) is 19.6. The third kappa shape index (κ3) is 4.14. The summed E-state index contributed by atoms with van der Waals surface area (Å²) in [7, 11) is 1.34. The maximum absolute atomic E-state index is 12.0. The molecule has 1 N–H and O–H groups in total. The van der Waals surface area contributed by atoms with Gasteiger partial charge in [-0.3, -0.25) is 14.3 Å². The maximum Gasteiger partial charge on any atom is 0.323 e. The summed E-state index contributed by atoms with van der Waals surface area (Å²) >= 11 is 11.6. The van der Waals surface area contributed by atoms with Gasteiger partial charge in [-0.05, 0) is 36.5 Å². The predicted molar refractivity (Wildman–Crippen MR) is 105 cm³/mol. The van der Waals surface area contributed by atoms with Gasteiger partial charge in [0.2, 0.25) is 0 Å². The van der Waals surface area contributed by atoms with Crippen molar-refractivity contribution in [3.8, 4) is 11.4 Å². The number of likely N-dealkylation sites (tertiary alicyclic amines) is 1. The molecule has 1 aliphatic heterocycles. The van der Waals surface area contributed by atoms with Crippen LogP contribution in [0.15, 0.2) is 36.9 Å². The van der Waals surface area contributed by atoms with Crippen LogP contribution in [0.4, 0.5) is 0 Å². The van der Waals surface area contributed by atoms with Crippen molar-refractivity contribution >= 4 is 29.8 Å². The van der Waals surface area contributed by atoms with Crippen LogP contribution in [0.3, 0.4) is 0 Å². The third-order valence-electron chi connectivity index (χ3n) is 4.51. The number of ether oxygens (including phenoxy) is 1. The predicted octanol–water partition coefficient (Wildman–Crippen LogP) is 2.49. The first kappa shape index (κ1) is 19.8. The number of β-amino-alcohol motifs (C(OH)–C–C–N with tert-alkyl or cyclic N) is 1. The summed E-state index contributed by atoms with van der Waals surface area (Å²) < 4.78 is 8.87. The quantitative estimate of drug-likeness (QED) is 0.450. The van der Waals surface area contributed by atoms with E-state index in [0.29, 0.717) is 35.1 Å². The van der Waals surface area contributed by atoms with E-state index < -0.39 is 12.1 Å². The van der Waals surface area contributed by atoms with Crippen LogP contribution in [0.5, 0.6) is 0 Å². The van der Waals surface area contributed by atoms with Crippen LogP contribution < -0.4 is 0 Å². The number of carbonyl (C=O) groups excluding carboxylic acids is 1. The molecular formula is C18H21ClN4O3S. The lowest BCUT2D eigenvalue weighted by molar-refractivity contribution is -0.146. The van der Waals surface area contributed by atoms with Gasteiger partial charge >= 0.3 is 5.97 Å². The van der Waals surface area contributed by atoms with Gasteiger partial charge in [-0.1, -0.05) is 17.7 Å². The van der Waals surface area contributed by atoms with E-state index in [4.69, 9.17) is 28.6 Å². The van der Waals surface area contributed by atoms with Crippen molar-refractivity contribution < 1.29 is 14.6 Å². The Morgan fingerprint density at radius 2 is 2.19 bits per heavy atom. The summed E-state index contributed by atoms with van der Waals surface area (Å²) in [6, 6.07) is 6.82. The minimum absolute atomic E-state index is 0.278. The Bertz CT molecular complexity index is 893. The molecule has 1 aromatic heterocycles. The number of hydrogen-bond acceptors (Lipinski definition) is 6. The molecule has 0 bridgehead atoms. The number of aliphatic hydroxyl groups is 1. The Labute approximate surface area is 167 Å². The number of allylic oxidation sites excluding steroid dienone is 1. The summed E-state index contributed by atoms with van der Waals surface area (Å²) in [5, 5.41) is 15.3. The molecule has 9 heteroatoms. The van der Waals surface area contributed by atoms with Crippen molar-refractivity contribution in [2.24, 2.45) is 0 Å². The Balaban J connectivity index is 1.95. The molecule has 2 atom stereocenters. The van der Waals surface area contributed by atoms with E-state index in [0.717, 1.165) is 5.56 Å². The number of methoxy groups -OCH3 is 1. The molecule has 2 aromatic rings. The van der Waals surface area contributed by atoms with Gasteiger partial charge in [-0.25, -0.2) is 4.68 Å². The number of esters is 1. The molecule has 0 spiro atoms. The minimum atomic E-state index is -0.589. The van der Waals surface area contributed by atoms with Crippen LogP contribution in [-0.2, 0) is 22.7 Å². The summed E-state index contributed by atoms with van der Waals surface area (Å²) in [4.78, 5) is 13.8. The second-order valence-electron chi connectivity index (χ2n) is 6.35. The fourth-order valence-electron chi connectivity index (χ4n) is 3.23. The highest BCUT2D eigenvalue weighted by Crippen LogP contribution is 2.23. The van der Waals surface area contributed by atoms with Crippen LogP contribution in [-0.4, -0.2) is 56.1 Å². The lowest BCUT2D eigenvalue weighted by atomic mass is 10.2. The molecule has 0 saturated carbocycles. The van der Waals surface area contributed by atoms with Crippen LogP contribution in [0.25, 0.3) is 11.4 Å². The Hall–Kier alpha value is -2.00. The highest BCUT2D eigenvalue weighted by atomic mass is 35.5. The highest BCUT2D eigenvalue weighted by Gasteiger charge is 2.37. The Morgan fingerprint density at radius 3 is 2.81 bits per heavy atom. The van der Waals surface area contributed by atoms with Crippen molar-refractivity contribution in [3.05, 3.63) is 46.7 Å². The monoisotopic (exact) mass is 408 g/mol. The molecule has 0 radical (unpaired) electrons. The lowest BCUT2D eigenvalue weighted by Crippen LogP contribution is -2.38. The van der Waals surface area contributed by atoms with Gasteiger partial charge in [-0.2, -0.15) is 5.10 Å². The molecule has 7 nitrogen and oxygen atoms in total. The fourth-order valence-corrected chi connectivity index (χ4v) is 3.61. The number of halogens is 1. The van der Waals surface area contributed by atoms with Gasteiger partial charge in [0.25, 0.3) is 0 Å². The number of benzene rings is 1. The van der Waals surface area contributed by atoms with Gasteiger partial charge in [0.1, 0.15) is 6.04 Å². The van der Waals surface area contributed by atoms with E-state index in [2.05, 4.69) is 11.7 Å². The first-order chi connectivity index (χ1) is 12.9. The average molecular weight is 409 g/mol. The molecule has 0 amide bonds. The standard InChI is InChI=1S/C18H21ClN4O3S/c1-3-8-22-16(12-4-6-13(19)7-5-12)20-23(18(22)27)11-21-10-14(24)9-15(21)17(25)26-2/h3-7,14-15,24H,1,8-11H2,2H3/t14-,15-/m0/s1. The Kier molecular flexibility index (Phi) is 6.11. The van der Waals surface area contributed by atoms with Gasteiger partial charge in [-0.15, -0.1) is 6.58 Å². The van der Waals surface area contributed by atoms with E-state index >= 15 is 0 Å². The molecule has 0 aliphatic carbocycles. The summed E-state index contributed by atoms with van der Waals surface area (Å²) in [5.74, 6) is 0.312. The molecule has 1 aromatic carbocycles. The minimum Gasteiger partial charge on any atom is -0.468 e. The largest absolute Gasteiger partial charge is 0.468 e. The van der Waals surface area contributed by atoms with E-state index in [1.165, 1.54) is 7.11 Å². The van der Waals surface area contributed by atoms with Crippen molar-refractivity contribution in [3.63, 3.8) is 0 Å².